The average molecular weight is 285 g/mol. The number of aliphatic hydroxyl groups is 1. The zero-order chi connectivity index (χ0) is 14.7. The first-order chi connectivity index (χ1) is 10.2. The van der Waals surface area contributed by atoms with Gasteiger partial charge in [0, 0.05) is 12.6 Å². The van der Waals surface area contributed by atoms with Gasteiger partial charge >= 0.3 is 0 Å². The number of rotatable bonds is 4. The van der Waals surface area contributed by atoms with E-state index in [1.54, 1.807) is 18.2 Å². The summed E-state index contributed by atoms with van der Waals surface area (Å²) in [6.45, 7) is 1.05. The number of fused-ring (bicyclic) bond motifs is 1. The second-order valence-electron chi connectivity index (χ2n) is 5.34. The third-order valence-electron chi connectivity index (χ3n) is 3.73. The molecule has 3 rings (SSSR count). The van der Waals surface area contributed by atoms with Crippen molar-refractivity contribution >= 4 is 0 Å². The fourth-order valence-electron chi connectivity index (χ4n) is 2.58. The highest BCUT2D eigenvalue weighted by atomic mass is 16.5. The van der Waals surface area contributed by atoms with Crippen LogP contribution < -0.4 is 10.1 Å². The molecular weight excluding hydrogens is 266 g/mol. The van der Waals surface area contributed by atoms with E-state index in [1.807, 2.05) is 30.3 Å². The van der Waals surface area contributed by atoms with Crippen LogP contribution in [-0.4, -0.2) is 29.4 Å². The van der Waals surface area contributed by atoms with Crippen molar-refractivity contribution in [3.05, 3.63) is 59.7 Å². The van der Waals surface area contributed by atoms with Crippen molar-refractivity contribution in [3.63, 3.8) is 0 Å². The lowest BCUT2D eigenvalue weighted by atomic mass is 10.0. The fraction of sp³-hybridized carbons (Fsp3) is 0.294. The van der Waals surface area contributed by atoms with Crippen molar-refractivity contribution in [1.82, 2.24) is 5.32 Å². The maximum atomic E-state index is 10.1. The summed E-state index contributed by atoms with van der Waals surface area (Å²) in [5.41, 5.74) is 1.90. The molecule has 0 radical (unpaired) electrons. The van der Waals surface area contributed by atoms with Gasteiger partial charge in [-0.05, 0) is 35.7 Å². The van der Waals surface area contributed by atoms with E-state index in [0.29, 0.717) is 13.2 Å². The molecule has 2 aromatic rings. The van der Waals surface area contributed by atoms with Crippen LogP contribution in [0.5, 0.6) is 11.5 Å². The van der Waals surface area contributed by atoms with Gasteiger partial charge < -0.3 is 20.3 Å². The Bertz CT molecular complexity index is 600. The maximum Gasteiger partial charge on any atom is 0.122 e. The molecule has 2 aromatic carbocycles. The number of benzene rings is 2. The van der Waals surface area contributed by atoms with Crippen LogP contribution in [-0.2, 0) is 6.42 Å². The molecule has 1 heterocycles. The molecule has 0 saturated carbocycles. The highest BCUT2D eigenvalue weighted by Gasteiger charge is 2.20. The summed E-state index contributed by atoms with van der Waals surface area (Å²) in [5, 5.41) is 23.0. The first kappa shape index (κ1) is 13.9. The van der Waals surface area contributed by atoms with E-state index in [1.165, 1.54) is 0 Å². The van der Waals surface area contributed by atoms with Crippen LogP contribution in [0.2, 0.25) is 0 Å². The summed E-state index contributed by atoms with van der Waals surface area (Å²) in [7, 11) is 0. The second-order valence-corrected chi connectivity index (χ2v) is 5.34. The molecule has 4 nitrogen and oxygen atoms in total. The topological polar surface area (TPSA) is 61.7 Å². The van der Waals surface area contributed by atoms with Gasteiger partial charge in [0.2, 0.25) is 0 Å². The Morgan fingerprint density at radius 2 is 2.00 bits per heavy atom. The highest BCUT2D eigenvalue weighted by molar-refractivity contribution is 5.41. The number of hydrogen-bond donors (Lipinski definition) is 3. The monoisotopic (exact) mass is 285 g/mol. The number of phenolic OH excluding ortho intramolecular Hbond substituents is 1. The van der Waals surface area contributed by atoms with Gasteiger partial charge in [-0.1, -0.05) is 30.3 Å². The normalized spacial score (nSPS) is 18.6. The van der Waals surface area contributed by atoms with Crippen LogP contribution >= 0.6 is 0 Å². The Labute approximate surface area is 124 Å². The standard InChI is InChI=1S/C17H19NO3/c19-15-6-7-17-13(9-15)8-14(11-21-17)18-10-16(20)12-4-2-1-3-5-12/h1-7,9,14,16,18-20H,8,10-11H2. The predicted octanol–water partition coefficient (Wildman–Crippen LogP) is 2.02. The van der Waals surface area contributed by atoms with Crippen LogP contribution in [0, 0.1) is 0 Å². The quantitative estimate of drug-likeness (QED) is 0.804. The number of aliphatic hydroxyl groups excluding tert-OH is 1. The lowest BCUT2D eigenvalue weighted by Gasteiger charge is -2.27. The lowest BCUT2D eigenvalue weighted by Crippen LogP contribution is -2.41. The molecule has 2 unspecified atom stereocenters. The SMILES string of the molecule is Oc1ccc2c(c1)CC(NCC(O)c1ccccc1)CO2. The van der Waals surface area contributed by atoms with E-state index in [2.05, 4.69) is 5.32 Å². The van der Waals surface area contributed by atoms with E-state index >= 15 is 0 Å². The Balaban J connectivity index is 1.58. The van der Waals surface area contributed by atoms with Crippen LogP contribution in [0.3, 0.4) is 0 Å². The Hall–Kier alpha value is -2.04. The summed E-state index contributed by atoms with van der Waals surface area (Å²) in [6.07, 6.45) is 0.252. The smallest absolute Gasteiger partial charge is 0.122 e. The lowest BCUT2D eigenvalue weighted by molar-refractivity contribution is 0.157. The molecule has 0 amide bonds. The first-order valence-corrected chi connectivity index (χ1v) is 7.13. The van der Waals surface area contributed by atoms with Gasteiger partial charge in [0.1, 0.15) is 18.1 Å². The Morgan fingerprint density at radius 1 is 1.19 bits per heavy atom. The molecule has 21 heavy (non-hydrogen) atoms. The average Bonchev–Trinajstić information content (AvgIpc) is 2.53. The van der Waals surface area contributed by atoms with Gasteiger partial charge in [0.15, 0.2) is 0 Å². The van der Waals surface area contributed by atoms with E-state index in [9.17, 15) is 10.2 Å². The number of nitrogens with one attached hydrogen (secondary N) is 1. The Morgan fingerprint density at radius 3 is 2.81 bits per heavy atom. The number of ether oxygens (including phenoxy) is 1. The summed E-state index contributed by atoms with van der Waals surface area (Å²) in [5.74, 6) is 1.08. The largest absolute Gasteiger partial charge is 0.508 e. The van der Waals surface area contributed by atoms with E-state index < -0.39 is 6.10 Å². The third kappa shape index (κ3) is 3.35. The predicted molar refractivity (Wildman–Crippen MR) is 80.5 cm³/mol. The summed E-state index contributed by atoms with van der Waals surface area (Å²) in [4.78, 5) is 0. The molecular formula is C17H19NO3. The van der Waals surface area contributed by atoms with E-state index in [4.69, 9.17) is 4.74 Å². The molecule has 1 aliphatic rings. The molecule has 4 heteroatoms. The minimum absolute atomic E-state index is 0.137. The summed E-state index contributed by atoms with van der Waals surface area (Å²) >= 11 is 0. The first-order valence-electron chi connectivity index (χ1n) is 7.13. The van der Waals surface area contributed by atoms with Gasteiger partial charge in [0.25, 0.3) is 0 Å². The van der Waals surface area contributed by atoms with Crippen LogP contribution in [0.25, 0.3) is 0 Å². The van der Waals surface area contributed by atoms with Gasteiger partial charge in [-0.25, -0.2) is 0 Å². The number of hydrogen-bond acceptors (Lipinski definition) is 4. The van der Waals surface area contributed by atoms with Crippen LogP contribution in [0.1, 0.15) is 17.2 Å². The van der Waals surface area contributed by atoms with Crippen molar-refractivity contribution in [1.29, 1.82) is 0 Å². The molecule has 0 bridgehead atoms. The van der Waals surface area contributed by atoms with E-state index in [-0.39, 0.29) is 11.8 Å². The van der Waals surface area contributed by atoms with Gasteiger partial charge in [0.05, 0.1) is 6.10 Å². The van der Waals surface area contributed by atoms with Crippen LogP contribution in [0.15, 0.2) is 48.5 Å². The molecule has 0 aliphatic carbocycles. The fourth-order valence-corrected chi connectivity index (χ4v) is 2.58. The minimum Gasteiger partial charge on any atom is -0.508 e. The van der Waals surface area contributed by atoms with Crippen LogP contribution in [0.4, 0.5) is 0 Å². The van der Waals surface area contributed by atoms with Crippen molar-refractivity contribution in [2.45, 2.75) is 18.6 Å². The Kier molecular flexibility index (Phi) is 4.08. The molecule has 0 aromatic heterocycles. The summed E-state index contributed by atoms with van der Waals surface area (Å²) in [6, 6.07) is 14.9. The molecule has 0 saturated heterocycles. The number of aromatic hydroxyl groups is 1. The molecule has 110 valence electrons. The molecule has 0 spiro atoms. The molecule has 3 N–H and O–H groups in total. The van der Waals surface area contributed by atoms with Crippen molar-refractivity contribution in [2.75, 3.05) is 13.2 Å². The zero-order valence-electron chi connectivity index (χ0n) is 11.7. The second kappa shape index (κ2) is 6.16. The maximum absolute atomic E-state index is 10.1. The molecule has 0 fully saturated rings. The minimum atomic E-state index is -0.531. The van der Waals surface area contributed by atoms with Gasteiger partial charge in [-0.2, -0.15) is 0 Å². The van der Waals surface area contributed by atoms with Gasteiger partial charge in [-0.15, -0.1) is 0 Å². The van der Waals surface area contributed by atoms with Crippen molar-refractivity contribution in [2.24, 2.45) is 0 Å². The summed E-state index contributed by atoms with van der Waals surface area (Å²) < 4.78 is 5.67. The molecule has 2 atom stereocenters. The zero-order valence-corrected chi connectivity index (χ0v) is 11.7. The third-order valence-corrected chi connectivity index (χ3v) is 3.73. The van der Waals surface area contributed by atoms with Gasteiger partial charge in [-0.3, -0.25) is 0 Å². The molecule has 1 aliphatic heterocycles. The number of phenols is 1. The van der Waals surface area contributed by atoms with Crippen molar-refractivity contribution in [3.8, 4) is 11.5 Å². The highest BCUT2D eigenvalue weighted by Crippen LogP contribution is 2.28. The van der Waals surface area contributed by atoms with E-state index in [0.717, 1.165) is 23.3 Å². The van der Waals surface area contributed by atoms with Crippen molar-refractivity contribution < 1.29 is 14.9 Å².